The Morgan fingerprint density at radius 3 is 2.68 bits per heavy atom. The third kappa shape index (κ3) is 5.68. The van der Waals surface area contributed by atoms with Crippen molar-refractivity contribution in [2.45, 2.75) is 25.9 Å². The quantitative estimate of drug-likeness (QED) is 0.690. The molecule has 1 aliphatic heterocycles. The molecule has 1 amide bonds. The first kappa shape index (κ1) is 20.1. The van der Waals surface area contributed by atoms with Crippen LogP contribution in [0.25, 0.3) is 0 Å². The Kier molecular flexibility index (Phi) is 7.22. The van der Waals surface area contributed by atoms with Crippen LogP contribution in [-0.2, 0) is 4.74 Å². The lowest BCUT2D eigenvalue weighted by Gasteiger charge is -2.13. The molecule has 6 nitrogen and oxygen atoms in total. The number of rotatable bonds is 7. The number of anilines is 1. The molecule has 1 saturated heterocycles. The Balaban J connectivity index is 1.51. The monoisotopic (exact) mass is 400 g/mol. The van der Waals surface area contributed by atoms with Crippen molar-refractivity contribution in [3.05, 3.63) is 54.1 Å². The van der Waals surface area contributed by atoms with Gasteiger partial charge < -0.3 is 19.5 Å². The summed E-state index contributed by atoms with van der Waals surface area (Å²) in [6, 6.07) is 14.4. The molecule has 28 heavy (non-hydrogen) atoms. The number of hydrogen-bond acceptors (Lipinski definition) is 5. The van der Waals surface area contributed by atoms with Crippen LogP contribution in [-0.4, -0.2) is 36.9 Å². The number of carbonyl (C=O) groups is 1. The highest BCUT2D eigenvalue weighted by Crippen LogP contribution is 2.19. The topological polar surface area (TPSA) is 68.8 Å². The number of para-hydroxylation sites is 1. The van der Waals surface area contributed by atoms with Crippen molar-refractivity contribution < 1.29 is 19.0 Å². The third-order valence-corrected chi connectivity index (χ3v) is 4.43. The molecule has 1 fully saturated rings. The maximum Gasteiger partial charge on any atom is 0.261 e. The molecular formula is C21H24N2O4S. The summed E-state index contributed by atoms with van der Waals surface area (Å²) in [5, 5.41) is 5.88. The second-order valence-corrected chi connectivity index (χ2v) is 6.72. The van der Waals surface area contributed by atoms with E-state index in [-0.39, 0.29) is 17.1 Å². The summed E-state index contributed by atoms with van der Waals surface area (Å²) in [6.07, 6.45) is 2.31. The Morgan fingerprint density at radius 1 is 1.18 bits per heavy atom. The summed E-state index contributed by atoms with van der Waals surface area (Å²) in [5.74, 6) is 0.970. The van der Waals surface area contributed by atoms with Crippen molar-refractivity contribution in [3.63, 3.8) is 0 Å². The molecule has 0 spiro atoms. The van der Waals surface area contributed by atoms with Crippen molar-refractivity contribution in [3.8, 4) is 11.5 Å². The van der Waals surface area contributed by atoms with Crippen LogP contribution in [0, 0.1) is 0 Å². The van der Waals surface area contributed by atoms with E-state index in [1.165, 1.54) is 0 Å². The van der Waals surface area contributed by atoms with E-state index in [1.807, 2.05) is 37.3 Å². The first-order valence-electron chi connectivity index (χ1n) is 9.34. The van der Waals surface area contributed by atoms with E-state index in [2.05, 4.69) is 10.6 Å². The summed E-state index contributed by atoms with van der Waals surface area (Å²) in [7, 11) is 0. The molecule has 1 atom stereocenters. The van der Waals surface area contributed by atoms with Crippen molar-refractivity contribution in [2.24, 2.45) is 0 Å². The highest BCUT2D eigenvalue weighted by Gasteiger charge is 2.16. The average molecular weight is 401 g/mol. The molecule has 2 N–H and O–H groups in total. The number of ether oxygens (including phenoxy) is 3. The third-order valence-electron chi connectivity index (χ3n) is 4.23. The summed E-state index contributed by atoms with van der Waals surface area (Å²) in [5.41, 5.74) is 1.19. The number of amides is 1. The van der Waals surface area contributed by atoms with Crippen molar-refractivity contribution in [1.29, 1.82) is 0 Å². The largest absolute Gasteiger partial charge is 0.493 e. The molecule has 2 aromatic carbocycles. The first-order chi connectivity index (χ1) is 13.7. The molecule has 0 aliphatic carbocycles. The Hall–Kier alpha value is -2.64. The normalized spacial score (nSPS) is 15.7. The van der Waals surface area contributed by atoms with Crippen LogP contribution in [0.3, 0.4) is 0 Å². The Bertz CT molecular complexity index is 804. The van der Waals surface area contributed by atoms with E-state index >= 15 is 0 Å². The van der Waals surface area contributed by atoms with Gasteiger partial charge in [0.05, 0.1) is 18.3 Å². The smallest absolute Gasteiger partial charge is 0.261 e. The van der Waals surface area contributed by atoms with Crippen molar-refractivity contribution >= 4 is 28.9 Å². The molecule has 0 radical (unpaired) electrons. The van der Waals surface area contributed by atoms with Gasteiger partial charge in [-0.3, -0.25) is 10.1 Å². The molecule has 1 heterocycles. The van der Waals surface area contributed by atoms with Gasteiger partial charge >= 0.3 is 0 Å². The second-order valence-electron chi connectivity index (χ2n) is 6.31. The lowest BCUT2D eigenvalue weighted by Crippen LogP contribution is -2.34. The van der Waals surface area contributed by atoms with Gasteiger partial charge in [0, 0.05) is 12.3 Å². The van der Waals surface area contributed by atoms with Crippen molar-refractivity contribution in [1.82, 2.24) is 5.32 Å². The standard InChI is InChI=1S/C21H24N2O4S/c1-2-25-19-8-4-3-7-18(19)20(24)23-21(28)22-15-9-11-16(12-10-15)27-14-17-6-5-13-26-17/h3-4,7-12,17H,2,5-6,13-14H2,1H3,(H2,22,23,24,28)/t17-/m1/s1. The van der Waals surface area contributed by atoms with Crippen LogP contribution in [0.4, 0.5) is 5.69 Å². The number of nitrogens with one attached hydrogen (secondary N) is 2. The SMILES string of the molecule is CCOc1ccccc1C(=O)NC(=S)Nc1ccc(OC[C@H]2CCCO2)cc1. The van der Waals surface area contributed by atoms with Gasteiger partial charge in [-0.15, -0.1) is 0 Å². The number of benzene rings is 2. The summed E-state index contributed by atoms with van der Waals surface area (Å²) in [6.45, 7) is 3.72. The zero-order chi connectivity index (χ0) is 19.8. The minimum Gasteiger partial charge on any atom is -0.493 e. The molecule has 0 unspecified atom stereocenters. The van der Waals surface area contributed by atoms with Crippen LogP contribution in [0.1, 0.15) is 30.1 Å². The van der Waals surface area contributed by atoms with Gasteiger partial charge in [0.1, 0.15) is 18.1 Å². The highest BCUT2D eigenvalue weighted by atomic mass is 32.1. The van der Waals surface area contributed by atoms with Crippen LogP contribution >= 0.6 is 12.2 Å². The van der Waals surface area contributed by atoms with Crippen LogP contribution in [0.2, 0.25) is 0 Å². The van der Waals surface area contributed by atoms with Gasteiger partial charge in [-0.1, -0.05) is 12.1 Å². The van der Waals surface area contributed by atoms with Gasteiger partial charge in [-0.25, -0.2) is 0 Å². The van der Waals surface area contributed by atoms with Crippen LogP contribution in [0.5, 0.6) is 11.5 Å². The lowest BCUT2D eigenvalue weighted by atomic mass is 10.2. The van der Waals surface area contributed by atoms with E-state index < -0.39 is 0 Å². The van der Waals surface area contributed by atoms with Gasteiger partial charge in [0.25, 0.3) is 5.91 Å². The minimum absolute atomic E-state index is 0.181. The van der Waals surface area contributed by atoms with E-state index in [1.54, 1.807) is 18.2 Å². The fraction of sp³-hybridized carbons (Fsp3) is 0.333. The predicted octanol–water partition coefficient (Wildman–Crippen LogP) is 3.77. The zero-order valence-electron chi connectivity index (χ0n) is 15.8. The highest BCUT2D eigenvalue weighted by molar-refractivity contribution is 7.80. The lowest BCUT2D eigenvalue weighted by molar-refractivity contribution is 0.0679. The fourth-order valence-corrected chi connectivity index (χ4v) is 3.08. The average Bonchev–Trinajstić information content (AvgIpc) is 3.22. The second kappa shape index (κ2) is 10.1. The molecule has 148 valence electrons. The van der Waals surface area contributed by atoms with E-state index in [9.17, 15) is 4.79 Å². The Morgan fingerprint density at radius 2 is 1.96 bits per heavy atom. The molecule has 3 rings (SSSR count). The molecule has 0 saturated carbocycles. The summed E-state index contributed by atoms with van der Waals surface area (Å²) >= 11 is 5.25. The first-order valence-corrected chi connectivity index (χ1v) is 9.75. The number of hydrogen-bond donors (Lipinski definition) is 2. The fourth-order valence-electron chi connectivity index (χ4n) is 2.87. The van der Waals surface area contributed by atoms with Crippen LogP contribution < -0.4 is 20.1 Å². The maximum absolute atomic E-state index is 12.5. The van der Waals surface area contributed by atoms with Gasteiger partial charge in [0.15, 0.2) is 5.11 Å². The van der Waals surface area contributed by atoms with Gasteiger partial charge in [-0.05, 0) is 68.4 Å². The number of carbonyl (C=O) groups excluding carboxylic acids is 1. The number of thiocarbonyl (C=S) groups is 1. The Labute approximate surface area is 170 Å². The van der Waals surface area contributed by atoms with E-state index in [4.69, 9.17) is 26.4 Å². The van der Waals surface area contributed by atoms with Crippen LogP contribution in [0.15, 0.2) is 48.5 Å². The molecule has 7 heteroatoms. The molecule has 0 aromatic heterocycles. The molecular weight excluding hydrogens is 376 g/mol. The summed E-state index contributed by atoms with van der Waals surface area (Å²) < 4.78 is 16.8. The van der Waals surface area contributed by atoms with Gasteiger partial charge in [0.2, 0.25) is 0 Å². The zero-order valence-corrected chi connectivity index (χ0v) is 16.6. The van der Waals surface area contributed by atoms with E-state index in [0.29, 0.717) is 24.5 Å². The van der Waals surface area contributed by atoms with Crippen molar-refractivity contribution in [2.75, 3.05) is 25.1 Å². The summed E-state index contributed by atoms with van der Waals surface area (Å²) in [4.78, 5) is 12.5. The minimum atomic E-state index is -0.321. The van der Waals surface area contributed by atoms with Gasteiger partial charge in [-0.2, -0.15) is 0 Å². The molecule has 2 aromatic rings. The maximum atomic E-state index is 12.5. The van der Waals surface area contributed by atoms with E-state index in [0.717, 1.165) is 30.9 Å². The predicted molar refractivity (Wildman–Crippen MR) is 112 cm³/mol. The molecule has 0 bridgehead atoms. The molecule has 1 aliphatic rings.